The van der Waals surface area contributed by atoms with Crippen molar-refractivity contribution in [1.29, 1.82) is 0 Å². The van der Waals surface area contributed by atoms with Gasteiger partial charge in [-0.15, -0.1) is 0 Å². The highest BCUT2D eigenvalue weighted by Crippen LogP contribution is 2.31. The molecule has 2 amide bonds. The Bertz CT molecular complexity index is 837. The van der Waals surface area contributed by atoms with Gasteiger partial charge in [0.25, 0.3) is 0 Å². The van der Waals surface area contributed by atoms with Crippen molar-refractivity contribution in [2.75, 3.05) is 30.7 Å². The van der Waals surface area contributed by atoms with Crippen LogP contribution in [0.4, 0.5) is 5.69 Å². The van der Waals surface area contributed by atoms with Gasteiger partial charge in [0.1, 0.15) is 0 Å². The van der Waals surface area contributed by atoms with Crippen LogP contribution >= 0.6 is 23.4 Å². The number of carbonyl (C=O) groups excluding carboxylic acids is 2. The zero-order valence-corrected chi connectivity index (χ0v) is 20.9. The summed E-state index contributed by atoms with van der Waals surface area (Å²) in [5.41, 5.74) is 3.05. The van der Waals surface area contributed by atoms with Crippen molar-refractivity contribution in [1.82, 2.24) is 9.80 Å². The molecule has 2 heterocycles. The predicted octanol–water partition coefficient (Wildman–Crippen LogP) is 5.10. The number of rotatable bonds is 6. The van der Waals surface area contributed by atoms with Gasteiger partial charge in [0.05, 0.1) is 0 Å². The van der Waals surface area contributed by atoms with Crippen LogP contribution in [0.5, 0.6) is 0 Å². The maximum atomic E-state index is 12.9. The summed E-state index contributed by atoms with van der Waals surface area (Å²) in [6.07, 6.45) is 7.41. The summed E-state index contributed by atoms with van der Waals surface area (Å²) in [5, 5.41) is 4.20. The highest BCUT2D eigenvalue weighted by atomic mass is 35.5. The van der Waals surface area contributed by atoms with E-state index in [-0.39, 0.29) is 17.9 Å². The second-order valence-electron chi connectivity index (χ2n) is 9.72. The van der Waals surface area contributed by atoms with Gasteiger partial charge in [-0.05, 0) is 68.5 Å². The fraction of sp³-hybridized carbons (Fsp3) is 0.680. The second-order valence-corrected chi connectivity index (χ2v) is 11.6. The van der Waals surface area contributed by atoms with E-state index >= 15 is 0 Å². The summed E-state index contributed by atoms with van der Waals surface area (Å²) in [7, 11) is 0. The van der Waals surface area contributed by atoms with Gasteiger partial charge >= 0.3 is 0 Å². The second kappa shape index (κ2) is 10.8. The first kappa shape index (κ1) is 23.9. The third-order valence-corrected chi connectivity index (χ3v) is 8.90. The van der Waals surface area contributed by atoms with E-state index in [1.807, 2.05) is 23.9 Å². The fourth-order valence-electron chi connectivity index (χ4n) is 5.40. The smallest absolute Gasteiger partial charge is 0.226 e. The van der Waals surface area contributed by atoms with E-state index in [4.69, 9.17) is 11.6 Å². The Morgan fingerprint density at radius 3 is 2.62 bits per heavy atom. The van der Waals surface area contributed by atoms with Gasteiger partial charge in [-0.2, -0.15) is 11.8 Å². The summed E-state index contributed by atoms with van der Waals surface area (Å²) >= 11 is 8.34. The van der Waals surface area contributed by atoms with Crippen LogP contribution in [0.2, 0.25) is 5.02 Å². The highest BCUT2D eigenvalue weighted by Gasteiger charge is 2.33. The summed E-state index contributed by atoms with van der Waals surface area (Å²) < 4.78 is 0. The third kappa shape index (κ3) is 5.81. The van der Waals surface area contributed by atoms with Gasteiger partial charge in [-0.3, -0.25) is 14.5 Å². The summed E-state index contributed by atoms with van der Waals surface area (Å²) in [6, 6.07) is 4.10. The molecule has 1 aromatic rings. The molecule has 3 aliphatic rings. The van der Waals surface area contributed by atoms with Crippen molar-refractivity contribution in [3.05, 3.63) is 28.3 Å². The summed E-state index contributed by atoms with van der Waals surface area (Å²) in [6.45, 7) is 7.54. The minimum absolute atomic E-state index is 0.0772. The van der Waals surface area contributed by atoms with Gasteiger partial charge in [-0.1, -0.05) is 24.4 Å². The van der Waals surface area contributed by atoms with Crippen molar-refractivity contribution in [2.45, 2.75) is 76.6 Å². The van der Waals surface area contributed by atoms with E-state index in [9.17, 15) is 9.59 Å². The summed E-state index contributed by atoms with van der Waals surface area (Å²) in [5.74, 6) is 1.84. The SMILES string of the molecule is Cc1c(CN2CCN(C(=O)C3CCCC3)[C@@H](C)C2)cc(Cl)cc1NC(=O)CC1CCCS1. The molecule has 7 heteroatoms. The average Bonchev–Trinajstić information content (AvgIpc) is 3.45. The number of benzene rings is 1. The number of nitrogens with one attached hydrogen (secondary N) is 1. The molecule has 1 unspecified atom stereocenters. The molecule has 3 fully saturated rings. The molecular weight excluding hydrogens is 442 g/mol. The van der Waals surface area contributed by atoms with Crippen molar-refractivity contribution < 1.29 is 9.59 Å². The standard InChI is InChI=1S/C25H36ClN3O2S/c1-17-15-28(9-10-29(17)25(31)19-6-3-4-7-19)16-20-12-21(26)13-23(18(20)2)27-24(30)14-22-8-5-11-32-22/h12-13,17,19,22H,3-11,14-16H2,1-2H3,(H,27,30)/t17-,22?/m0/s1. The molecule has 1 saturated carbocycles. The fourth-order valence-corrected chi connectivity index (χ4v) is 6.91. The molecule has 2 saturated heterocycles. The molecule has 2 atom stereocenters. The van der Waals surface area contributed by atoms with Crippen LogP contribution in [0.15, 0.2) is 12.1 Å². The number of halogens is 1. The van der Waals surface area contributed by atoms with Gasteiger partial charge in [0, 0.05) is 60.5 Å². The molecule has 176 valence electrons. The Kier molecular flexibility index (Phi) is 8.06. The van der Waals surface area contributed by atoms with Crippen LogP contribution in [0.3, 0.4) is 0 Å². The number of amides is 2. The lowest BCUT2D eigenvalue weighted by Crippen LogP contribution is -2.54. The van der Waals surface area contributed by atoms with Crippen LogP contribution in [-0.4, -0.2) is 58.3 Å². The predicted molar refractivity (Wildman–Crippen MR) is 133 cm³/mol. The Balaban J connectivity index is 1.36. The van der Waals surface area contributed by atoms with Crippen LogP contribution in [-0.2, 0) is 16.1 Å². The number of piperazine rings is 1. The van der Waals surface area contributed by atoms with E-state index in [1.54, 1.807) is 0 Å². The minimum Gasteiger partial charge on any atom is -0.337 e. The zero-order valence-electron chi connectivity index (χ0n) is 19.4. The quantitative estimate of drug-likeness (QED) is 0.619. The number of thioether (sulfide) groups is 1. The Morgan fingerprint density at radius 2 is 1.94 bits per heavy atom. The molecule has 0 spiro atoms. The van der Waals surface area contributed by atoms with Crippen LogP contribution < -0.4 is 5.32 Å². The van der Waals surface area contributed by atoms with Crippen molar-refractivity contribution in [3.8, 4) is 0 Å². The molecule has 4 rings (SSSR count). The first-order valence-electron chi connectivity index (χ1n) is 12.1. The number of anilines is 1. The zero-order chi connectivity index (χ0) is 22.7. The summed E-state index contributed by atoms with van der Waals surface area (Å²) in [4.78, 5) is 30.0. The van der Waals surface area contributed by atoms with Gasteiger partial charge in [0.15, 0.2) is 0 Å². The molecule has 0 aromatic heterocycles. The van der Waals surface area contributed by atoms with Crippen molar-refractivity contribution in [3.63, 3.8) is 0 Å². The number of hydrogen-bond acceptors (Lipinski definition) is 4. The molecule has 2 aliphatic heterocycles. The first-order chi connectivity index (χ1) is 15.4. The van der Waals surface area contributed by atoms with Crippen molar-refractivity contribution in [2.24, 2.45) is 5.92 Å². The lowest BCUT2D eigenvalue weighted by atomic mass is 10.0. The van der Waals surface area contributed by atoms with Gasteiger partial charge in [-0.25, -0.2) is 0 Å². The topological polar surface area (TPSA) is 52.6 Å². The van der Waals surface area contributed by atoms with Crippen LogP contribution in [0, 0.1) is 12.8 Å². The van der Waals surface area contributed by atoms with E-state index in [1.165, 1.54) is 19.3 Å². The van der Waals surface area contributed by atoms with E-state index in [0.717, 1.165) is 68.0 Å². The Hall–Kier alpha value is -1.24. The number of hydrogen-bond donors (Lipinski definition) is 1. The minimum atomic E-state index is 0.0772. The molecular formula is C25H36ClN3O2S. The average molecular weight is 478 g/mol. The van der Waals surface area contributed by atoms with E-state index in [2.05, 4.69) is 29.0 Å². The van der Waals surface area contributed by atoms with Gasteiger partial charge < -0.3 is 10.2 Å². The van der Waals surface area contributed by atoms with Crippen LogP contribution in [0.1, 0.15) is 63.0 Å². The monoisotopic (exact) mass is 477 g/mol. The molecule has 0 radical (unpaired) electrons. The molecule has 32 heavy (non-hydrogen) atoms. The van der Waals surface area contributed by atoms with E-state index in [0.29, 0.717) is 22.6 Å². The Morgan fingerprint density at radius 1 is 1.16 bits per heavy atom. The Labute approximate surface area is 201 Å². The molecule has 0 bridgehead atoms. The highest BCUT2D eigenvalue weighted by molar-refractivity contribution is 8.00. The van der Waals surface area contributed by atoms with E-state index < -0.39 is 0 Å². The maximum absolute atomic E-state index is 12.9. The largest absolute Gasteiger partial charge is 0.337 e. The van der Waals surface area contributed by atoms with Crippen LogP contribution in [0.25, 0.3) is 0 Å². The molecule has 5 nitrogen and oxygen atoms in total. The lowest BCUT2D eigenvalue weighted by molar-refractivity contribution is -0.140. The lowest BCUT2D eigenvalue weighted by Gasteiger charge is -2.41. The van der Waals surface area contributed by atoms with Crippen molar-refractivity contribution >= 4 is 40.9 Å². The number of carbonyl (C=O) groups is 2. The number of nitrogens with zero attached hydrogens (tertiary/aromatic N) is 2. The molecule has 1 aromatic carbocycles. The maximum Gasteiger partial charge on any atom is 0.226 e. The third-order valence-electron chi connectivity index (χ3n) is 7.28. The molecule has 1 N–H and O–H groups in total. The normalized spacial score (nSPS) is 24.8. The van der Waals surface area contributed by atoms with Gasteiger partial charge in [0.2, 0.25) is 11.8 Å². The molecule has 1 aliphatic carbocycles. The first-order valence-corrected chi connectivity index (χ1v) is 13.6.